The summed E-state index contributed by atoms with van der Waals surface area (Å²) in [7, 11) is 3.20. The van der Waals surface area contributed by atoms with E-state index < -0.39 is 0 Å². The lowest BCUT2D eigenvalue weighted by atomic mass is 9.91. The van der Waals surface area contributed by atoms with Crippen molar-refractivity contribution < 1.29 is 14.3 Å². The second-order valence-corrected chi connectivity index (χ2v) is 4.99. The monoisotopic (exact) mass is 284 g/mol. The van der Waals surface area contributed by atoms with E-state index in [1.807, 2.05) is 30.3 Å². The standard InChI is InChI=1S/C18H20O3/c1-13-6-4-5-7-14(13)10-16(12-19)15-8-9-17(20-2)18(11-15)21-3/h4-9,11-12,16H,10H2,1-3H3. The van der Waals surface area contributed by atoms with Gasteiger partial charge < -0.3 is 14.3 Å². The fourth-order valence-electron chi connectivity index (χ4n) is 2.40. The highest BCUT2D eigenvalue weighted by Gasteiger charge is 2.15. The molecule has 0 aliphatic heterocycles. The van der Waals surface area contributed by atoms with Gasteiger partial charge >= 0.3 is 0 Å². The van der Waals surface area contributed by atoms with E-state index >= 15 is 0 Å². The van der Waals surface area contributed by atoms with Gasteiger partial charge in [0.15, 0.2) is 11.5 Å². The predicted octanol–water partition coefficient (Wildman–Crippen LogP) is 3.54. The number of carbonyl (C=O) groups is 1. The van der Waals surface area contributed by atoms with Crippen LogP contribution in [0.25, 0.3) is 0 Å². The number of benzene rings is 2. The molecule has 0 heterocycles. The summed E-state index contributed by atoms with van der Waals surface area (Å²) >= 11 is 0. The molecule has 110 valence electrons. The minimum atomic E-state index is -0.189. The van der Waals surface area contributed by atoms with E-state index in [-0.39, 0.29) is 5.92 Å². The Bertz CT molecular complexity index is 620. The highest BCUT2D eigenvalue weighted by atomic mass is 16.5. The van der Waals surface area contributed by atoms with Gasteiger partial charge in [-0.2, -0.15) is 0 Å². The summed E-state index contributed by atoms with van der Waals surface area (Å²) in [6.45, 7) is 2.06. The van der Waals surface area contributed by atoms with Crippen molar-refractivity contribution in [3.05, 3.63) is 59.2 Å². The Balaban J connectivity index is 2.29. The first kappa shape index (κ1) is 15.1. The summed E-state index contributed by atoms with van der Waals surface area (Å²) < 4.78 is 10.5. The number of rotatable bonds is 6. The van der Waals surface area contributed by atoms with Crippen LogP contribution in [0.4, 0.5) is 0 Å². The van der Waals surface area contributed by atoms with Crippen LogP contribution in [0.3, 0.4) is 0 Å². The van der Waals surface area contributed by atoms with Gasteiger partial charge in [-0.15, -0.1) is 0 Å². The number of hydrogen-bond donors (Lipinski definition) is 0. The Morgan fingerprint density at radius 3 is 2.38 bits per heavy atom. The van der Waals surface area contributed by atoms with Crippen molar-refractivity contribution in [1.82, 2.24) is 0 Å². The number of hydrogen-bond acceptors (Lipinski definition) is 3. The molecule has 21 heavy (non-hydrogen) atoms. The van der Waals surface area contributed by atoms with Gasteiger partial charge in [-0.05, 0) is 42.2 Å². The molecule has 1 atom stereocenters. The van der Waals surface area contributed by atoms with Gasteiger partial charge in [-0.1, -0.05) is 30.3 Å². The smallest absolute Gasteiger partial charge is 0.161 e. The molecule has 0 saturated carbocycles. The van der Waals surface area contributed by atoms with Crippen LogP contribution in [-0.4, -0.2) is 20.5 Å². The third-order valence-electron chi connectivity index (χ3n) is 3.70. The molecular formula is C18H20O3. The molecule has 2 aromatic rings. The van der Waals surface area contributed by atoms with E-state index in [2.05, 4.69) is 19.1 Å². The van der Waals surface area contributed by atoms with Gasteiger partial charge in [0, 0.05) is 5.92 Å². The Labute approximate surface area is 125 Å². The van der Waals surface area contributed by atoms with Gasteiger partial charge in [0.2, 0.25) is 0 Å². The molecule has 1 unspecified atom stereocenters. The largest absolute Gasteiger partial charge is 0.493 e. The lowest BCUT2D eigenvalue weighted by Crippen LogP contribution is -2.06. The molecule has 0 amide bonds. The van der Waals surface area contributed by atoms with Crippen molar-refractivity contribution in [3.63, 3.8) is 0 Å². The Morgan fingerprint density at radius 2 is 1.76 bits per heavy atom. The zero-order valence-corrected chi connectivity index (χ0v) is 12.6. The topological polar surface area (TPSA) is 35.5 Å². The number of carbonyl (C=O) groups excluding carboxylic acids is 1. The fraction of sp³-hybridized carbons (Fsp3) is 0.278. The molecular weight excluding hydrogens is 264 g/mol. The molecule has 0 fully saturated rings. The Kier molecular flexibility index (Phi) is 4.99. The minimum Gasteiger partial charge on any atom is -0.493 e. The number of aryl methyl sites for hydroxylation is 1. The molecule has 0 spiro atoms. The molecule has 3 nitrogen and oxygen atoms in total. The molecule has 0 aromatic heterocycles. The predicted molar refractivity (Wildman–Crippen MR) is 83.2 cm³/mol. The van der Waals surface area contributed by atoms with Gasteiger partial charge in [0.05, 0.1) is 14.2 Å². The van der Waals surface area contributed by atoms with E-state index in [4.69, 9.17) is 9.47 Å². The van der Waals surface area contributed by atoms with Gasteiger partial charge in [0.1, 0.15) is 6.29 Å². The van der Waals surface area contributed by atoms with Crippen LogP contribution in [0.5, 0.6) is 11.5 Å². The maximum atomic E-state index is 11.5. The molecule has 2 aromatic carbocycles. The van der Waals surface area contributed by atoms with Crippen LogP contribution in [0.1, 0.15) is 22.6 Å². The third-order valence-corrected chi connectivity index (χ3v) is 3.70. The third kappa shape index (κ3) is 3.43. The first-order chi connectivity index (χ1) is 10.2. The van der Waals surface area contributed by atoms with Crippen LogP contribution in [0.15, 0.2) is 42.5 Å². The van der Waals surface area contributed by atoms with Crippen LogP contribution < -0.4 is 9.47 Å². The van der Waals surface area contributed by atoms with E-state index in [0.717, 1.165) is 11.8 Å². The second kappa shape index (κ2) is 6.93. The normalized spacial score (nSPS) is 11.8. The van der Waals surface area contributed by atoms with Crippen molar-refractivity contribution in [2.75, 3.05) is 14.2 Å². The van der Waals surface area contributed by atoms with Crippen molar-refractivity contribution in [3.8, 4) is 11.5 Å². The minimum absolute atomic E-state index is 0.189. The van der Waals surface area contributed by atoms with Crippen LogP contribution in [-0.2, 0) is 11.2 Å². The second-order valence-electron chi connectivity index (χ2n) is 4.99. The average Bonchev–Trinajstić information content (AvgIpc) is 2.53. The quantitative estimate of drug-likeness (QED) is 0.761. The summed E-state index contributed by atoms with van der Waals surface area (Å²) in [5.41, 5.74) is 3.32. The van der Waals surface area contributed by atoms with Gasteiger partial charge in [0.25, 0.3) is 0 Å². The van der Waals surface area contributed by atoms with E-state index in [9.17, 15) is 4.79 Å². The van der Waals surface area contributed by atoms with Crippen LogP contribution in [0, 0.1) is 6.92 Å². The summed E-state index contributed by atoms with van der Waals surface area (Å²) in [4.78, 5) is 11.5. The Hall–Kier alpha value is -2.29. The summed E-state index contributed by atoms with van der Waals surface area (Å²) in [5, 5.41) is 0. The van der Waals surface area contributed by atoms with Gasteiger partial charge in [-0.25, -0.2) is 0 Å². The van der Waals surface area contributed by atoms with Crippen LogP contribution >= 0.6 is 0 Å². The number of ether oxygens (including phenoxy) is 2. The molecule has 0 saturated heterocycles. The average molecular weight is 284 g/mol. The Morgan fingerprint density at radius 1 is 1.05 bits per heavy atom. The summed E-state index contributed by atoms with van der Waals surface area (Å²) in [6, 6.07) is 13.7. The molecule has 0 radical (unpaired) electrons. The van der Waals surface area contributed by atoms with Gasteiger partial charge in [-0.3, -0.25) is 0 Å². The van der Waals surface area contributed by atoms with Crippen molar-refractivity contribution in [2.45, 2.75) is 19.3 Å². The molecule has 0 aliphatic carbocycles. The summed E-state index contributed by atoms with van der Waals surface area (Å²) in [6.07, 6.45) is 1.68. The molecule has 0 N–H and O–H groups in total. The summed E-state index contributed by atoms with van der Waals surface area (Å²) in [5.74, 6) is 1.12. The maximum absolute atomic E-state index is 11.5. The van der Waals surface area contributed by atoms with Crippen molar-refractivity contribution in [2.24, 2.45) is 0 Å². The molecule has 3 heteroatoms. The molecule has 0 bridgehead atoms. The van der Waals surface area contributed by atoms with Crippen molar-refractivity contribution in [1.29, 1.82) is 0 Å². The lowest BCUT2D eigenvalue weighted by Gasteiger charge is -2.15. The fourth-order valence-corrected chi connectivity index (χ4v) is 2.40. The lowest BCUT2D eigenvalue weighted by molar-refractivity contribution is -0.109. The SMILES string of the molecule is COc1ccc(C(C=O)Cc2ccccc2C)cc1OC. The maximum Gasteiger partial charge on any atom is 0.161 e. The van der Waals surface area contributed by atoms with E-state index in [1.165, 1.54) is 11.1 Å². The highest BCUT2D eigenvalue weighted by molar-refractivity contribution is 5.64. The first-order valence-electron chi connectivity index (χ1n) is 6.91. The zero-order valence-electron chi connectivity index (χ0n) is 12.6. The highest BCUT2D eigenvalue weighted by Crippen LogP contribution is 2.31. The number of aldehydes is 1. The van der Waals surface area contributed by atoms with E-state index in [1.54, 1.807) is 14.2 Å². The van der Waals surface area contributed by atoms with Crippen LogP contribution in [0.2, 0.25) is 0 Å². The van der Waals surface area contributed by atoms with Crippen molar-refractivity contribution >= 4 is 6.29 Å². The first-order valence-corrected chi connectivity index (χ1v) is 6.91. The molecule has 2 rings (SSSR count). The van der Waals surface area contributed by atoms with E-state index in [0.29, 0.717) is 17.9 Å². The molecule has 0 aliphatic rings. The zero-order chi connectivity index (χ0) is 15.2. The number of methoxy groups -OCH3 is 2.